The van der Waals surface area contributed by atoms with E-state index >= 15 is 0 Å². The van der Waals surface area contributed by atoms with Crippen LogP contribution in [0.15, 0.2) is 12.2 Å². The number of rotatable bonds is 3. The van der Waals surface area contributed by atoms with E-state index < -0.39 is 47.3 Å². The molecule has 22 heavy (non-hydrogen) atoms. The Bertz CT molecular complexity index is 484. The summed E-state index contributed by atoms with van der Waals surface area (Å²) in [5.74, 6) is -34.1. The minimum atomic E-state index is -6.78. The Hall–Kier alpha value is -1.49. The molecule has 0 bridgehead atoms. The molecule has 0 radical (unpaired) electrons. The highest BCUT2D eigenvalue weighted by Crippen LogP contribution is 2.69. The SMILES string of the molecule is C=C(C)C(=O)OC(F)(F)C1C(F)(F)C(F)(F)C(F)(F)C1(F)F. The number of esters is 1. The lowest BCUT2D eigenvalue weighted by atomic mass is 10.00. The maximum absolute atomic E-state index is 13.3. The lowest BCUT2D eigenvalue weighted by Crippen LogP contribution is -2.52. The molecule has 1 rings (SSSR count). The fourth-order valence-electron chi connectivity index (χ4n) is 1.70. The average molecular weight is 348 g/mol. The summed E-state index contributed by atoms with van der Waals surface area (Å²) in [6, 6.07) is 0. The lowest BCUT2D eigenvalue weighted by Gasteiger charge is -2.29. The highest BCUT2D eigenvalue weighted by Gasteiger charge is 2.97. The van der Waals surface area contributed by atoms with Gasteiger partial charge in [-0.3, -0.25) is 0 Å². The molecule has 0 saturated heterocycles. The summed E-state index contributed by atoms with van der Waals surface area (Å²) in [7, 11) is 0. The van der Waals surface area contributed by atoms with Gasteiger partial charge in [-0.2, -0.15) is 43.9 Å². The predicted molar refractivity (Wildman–Crippen MR) is 49.1 cm³/mol. The van der Waals surface area contributed by atoms with Gasteiger partial charge in [0.2, 0.25) is 5.92 Å². The first-order chi connectivity index (χ1) is 9.44. The van der Waals surface area contributed by atoms with Gasteiger partial charge in [-0.25, -0.2) is 4.79 Å². The fraction of sp³-hybridized carbons (Fsp3) is 0.700. The van der Waals surface area contributed by atoms with Crippen LogP contribution in [0.3, 0.4) is 0 Å². The minimum absolute atomic E-state index is 0.701. The third-order valence-electron chi connectivity index (χ3n) is 2.87. The quantitative estimate of drug-likeness (QED) is 0.440. The van der Waals surface area contributed by atoms with Gasteiger partial charge in [-0.15, -0.1) is 0 Å². The molecule has 128 valence electrons. The third-order valence-corrected chi connectivity index (χ3v) is 2.87. The van der Waals surface area contributed by atoms with Crippen molar-refractivity contribution >= 4 is 5.97 Å². The Balaban J connectivity index is 3.45. The van der Waals surface area contributed by atoms with Crippen LogP contribution in [0.25, 0.3) is 0 Å². The zero-order valence-corrected chi connectivity index (χ0v) is 10.4. The van der Waals surface area contributed by atoms with Crippen molar-refractivity contribution in [3.05, 3.63) is 12.2 Å². The third kappa shape index (κ3) is 2.06. The number of hydrogen-bond acceptors (Lipinski definition) is 2. The molecule has 0 aliphatic heterocycles. The molecule has 0 aromatic carbocycles. The second-order valence-corrected chi connectivity index (χ2v) is 4.56. The van der Waals surface area contributed by atoms with Crippen LogP contribution in [0.4, 0.5) is 43.9 Å². The highest BCUT2D eigenvalue weighted by atomic mass is 19.4. The number of hydrogen-bond donors (Lipinski definition) is 0. The molecule has 0 spiro atoms. The standard InChI is InChI=1S/C10H6F10O2/c1-3(2)4(21)22-8(15,16)5-6(11,12)9(17,18)10(19,20)7(5,13)14/h5H,1H2,2H3. The van der Waals surface area contributed by atoms with Crippen molar-refractivity contribution in [2.75, 3.05) is 0 Å². The first kappa shape index (κ1) is 18.6. The van der Waals surface area contributed by atoms with Crippen LogP contribution in [0, 0.1) is 5.92 Å². The van der Waals surface area contributed by atoms with Crippen LogP contribution in [-0.4, -0.2) is 35.8 Å². The van der Waals surface area contributed by atoms with Crippen molar-refractivity contribution in [2.24, 2.45) is 5.92 Å². The zero-order chi connectivity index (χ0) is 17.9. The largest absolute Gasteiger partial charge is 0.415 e. The molecule has 0 aromatic heterocycles. The molecule has 0 heterocycles. The Kier molecular flexibility index (Phi) is 3.80. The minimum Gasteiger partial charge on any atom is -0.397 e. The Labute approximate surface area is 115 Å². The molecule has 1 fully saturated rings. The summed E-state index contributed by atoms with van der Waals surface area (Å²) in [6.45, 7) is 3.42. The van der Waals surface area contributed by atoms with Gasteiger partial charge in [0.25, 0.3) is 0 Å². The van der Waals surface area contributed by atoms with Crippen molar-refractivity contribution in [1.82, 2.24) is 0 Å². The molecule has 0 amide bonds. The maximum Gasteiger partial charge on any atom is 0.415 e. The van der Waals surface area contributed by atoms with Gasteiger partial charge in [-0.05, 0) is 6.92 Å². The van der Waals surface area contributed by atoms with Crippen LogP contribution in [0.1, 0.15) is 6.92 Å². The number of alkyl halides is 10. The van der Waals surface area contributed by atoms with E-state index in [1.54, 1.807) is 0 Å². The molecule has 1 aliphatic carbocycles. The van der Waals surface area contributed by atoms with E-state index in [2.05, 4.69) is 11.3 Å². The number of halogens is 10. The molecule has 1 aliphatic rings. The van der Waals surface area contributed by atoms with Crippen LogP contribution in [0.2, 0.25) is 0 Å². The van der Waals surface area contributed by atoms with Crippen LogP contribution < -0.4 is 0 Å². The number of ether oxygens (including phenoxy) is 1. The fourth-order valence-corrected chi connectivity index (χ4v) is 1.70. The van der Waals surface area contributed by atoms with E-state index in [-0.39, 0.29) is 0 Å². The van der Waals surface area contributed by atoms with Crippen LogP contribution >= 0.6 is 0 Å². The molecular weight excluding hydrogens is 342 g/mol. The smallest absolute Gasteiger partial charge is 0.397 e. The maximum atomic E-state index is 13.3. The van der Waals surface area contributed by atoms with Gasteiger partial charge in [0.05, 0.1) is 0 Å². The monoisotopic (exact) mass is 348 g/mol. The summed E-state index contributed by atoms with van der Waals surface area (Å²) < 4.78 is 133. The van der Waals surface area contributed by atoms with Gasteiger partial charge in [0.15, 0.2) is 0 Å². The normalized spacial score (nSPS) is 25.8. The topological polar surface area (TPSA) is 26.3 Å². The number of carbonyl (C=O) groups excluding carboxylic acids is 1. The van der Waals surface area contributed by atoms with E-state index in [1.807, 2.05) is 0 Å². The Morgan fingerprint density at radius 2 is 1.27 bits per heavy atom. The summed E-state index contributed by atoms with van der Waals surface area (Å²) in [5, 5.41) is 0. The van der Waals surface area contributed by atoms with Gasteiger partial charge < -0.3 is 4.74 Å². The van der Waals surface area contributed by atoms with Crippen molar-refractivity contribution in [3.8, 4) is 0 Å². The van der Waals surface area contributed by atoms with Gasteiger partial charge in [0.1, 0.15) is 0 Å². The summed E-state index contributed by atoms with van der Waals surface area (Å²) in [4.78, 5) is 10.8. The molecule has 1 saturated carbocycles. The second kappa shape index (κ2) is 4.51. The molecule has 0 atom stereocenters. The summed E-state index contributed by atoms with van der Waals surface area (Å²) >= 11 is 0. The Morgan fingerprint density at radius 1 is 0.955 bits per heavy atom. The molecule has 2 nitrogen and oxygen atoms in total. The number of carbonyl (C=O) groups is 1. The lowest BCUT2D eigenvalue weighted by molar-refractivity contribution is -0.334. The second-order valence-electron chi connectivity index (χ2n) is 4.56. The van der Waals surface area contributed by atoms with Crippen molar-refractivity contribution in [3.63, 3.8) is 0 Å². The van der Waals surface area contributed by atoms with Crippen molar-refractivity contribution in [2.45, 2.75) is 36.7 Å². The molecular formula is C10H6F10O2. The van der Waals surface area contributed by atoms with Crippen molar-refractivity contribution < 1.29 is 53.4 Å². The van der Waals surface area contributed by atoms with Gasteiger partial charge in [-0.1, -0.05) is 6.58 Å². The summed E-state index contributed by atoms with van der Waals surface area (Å²) in [5.41, 5.74) is -0.886. The molecule has 0 aromatic rings. The highest BCUT2D eigenvalue weighted by molar-refractivity contribution is 5.87. The first-order valence-corrected chi connectivity index (χ1v) is 5.22. The van der Waals surface area contributed by atoms with E-state index in [0.717, 1.165) is 0 Å². The van der Waals surface area contributed by atoms with Gasteiger partial charge >= 0.3 is 35.8 Å². The Morgan fingerprint density at radius 3 is 1.55 bits per heavy atom. The zero-order valence-electron chi connectivity index (χ0n) is 10.4. The average Bonchev–Trinajstić information content (AvgIpc) is 2.31. The van der Waals surface area contributed by atoms with E-state index in [1.165, 1.54) is 0 Å². The molecule has 0 N–H and O–H groups in total. The van der Waals surface area contributed by atoms with E-state index in [4.69, 9.17) is 0 Å². The van der Waals surface area contributed by atoms with E-state index in [9.17, 15) is 48.7 Å². The van der Waals surface area contributed by atoms with Crippen LogP contribution in [-0.2, 0) is 9.53 Å². The molecule has 12 heteroatoms. The molecule has 0 unspecified atom stereocenters. The van der Waals surface area contributed by atoms with Crippen molar-refractivity contribution in [1.29, 1.82) is 0 Å². The first-order valence-electron chi connectivity index (χ1n) is 5.22. The van der Waals surface area contributed by atoms with Gasteiger partial charge in [0, 0.05) is 5.57 Å². The predicted octanol–water partition coefficient (Wildman–Crippen LogP) is 3.87. The van der Waals surface area contributed by atoms with Crippen LogP contribution in [0.5, 0.6) is 0 Å². The van der Waals surface area contributed by atoms with E-state index in [0.29, 0.717) is 6.92 Å². The summed E-state index contributed by atoms with van der Waals surface area (Å²) in [6.07, 6.45) is -6.01.